The number of rotatable bonds is 7. The van der Waals surface area contributed by atoms with Crippen LogP contribution in [0.4, 0.5) is 10.1 Å². The third-order valence-electron chi connectivity index (χ3n) is 5.30. The summed E-state index contributed by atoms with van der Waals surface area (Å²) < 4.78 is 15.2. The maximum atomic E-state index is 12.9. The molecule has 1 N–H and O–H groups in total. The van der Waals surface area contributed by atoms with Gasteiger partial charge < -0.3 is 14.8 Å². The lowest BCUT2D eigenvalue weighted by atomic mass is 10.2. The fourth-order valence-electron chi connectivity index (χ4n) is 3.56. The highest BCUT2D eigenvalue weighted by molar-refractivity contribution is 7.99. The van der Waals surface area contributed by atoms with Gasteiger partial charge in [-0.05, 0) is 51.0 Å². The fourth-order valence-corrected chi connectivity index (χ4v) is 4.66. The quantitative estimate of drug-likeness (QED) is 0.692. The number of imidazole rings is 1. The van der Waals surface area contributed by atoms with Crippen molar-refractivity contribution in [2.45, 2.75) is 50.7 Å². The van der Waals surface area contributed by atoms with E-state index in [9.17, 15) is 14.0 Å². The molecular formula is C21H27FN4O2S. The Bertz CT molecular complexity index is 876. The highest BCUT2D eigenvalue weighted by Crippen LogP contribution is 2.35. The second kappa shape index (κ2) is 9.43. The lowest BCUT2D eigenvalue weighted by Gasteiger charge is -2.19. The molecule has 1 heterocycles. The molecule has 156 valence electrons. The molecule has 29 heavy (non-hydrogen) atoms. The van der Waals surface area contributed by atoms with Gasteiger partial charge in [-0.25, -0.2) is 9.37 Å². The summed E-state index contributed by atoms with van der Waals surface area (Å²) in [6.45, 7) is 4.02. The topological polar surface area (TPSA) is 67.2 Å². The summed E-state index contributed by atoms with van der Waals surface area (Å²) in [7, 11) is 1.60. The molecule has 6 nitrogen and oxygen atoms in total. The zero-order valence-corrected chi connectivity index (χ0v) is 17.9. The third kappa shape index (κ3) is 5.38. The Morgan fingerprint density at radius 1 is 1.24 bits per heavy atom. The van der Waals surface area contributed by atoms with Crippen LogP contribution in [0.25, 0.3) is 0 Å². The number of carbonyl (C=O) groups is 2. The highest BCUT2D eigenvalue weighted by atomic mass is 32.2. The molecule has 0 spiro atoms. The van der Waals surface area contributed by atoms with Gasteiger partial charge in [0, 0.05) is 24.5 Å². The van der Waals surface area contributed by atoms with Crippen molar-refractivity contribution >= 4 is 29.3 Å². The lowest BCUT2D eigenvalue weighted by molar-refractivity contribution is -0.131. The van der Waals surface area contributed by atoms with Crippen LogP contribution in [0.5, 0.6) is 0 Å². The molecule has 0 aliphatic heterocycles. The molecule has 3 rings (SSSR count). The van der Waals surface area contributed by atoms with Crippen LogP contribution in [-0.4, -0.2) is 45.6 Å². The zero-order valence-electron chi connectivity index (χ0n) is 17.1. The molecule has 0 unspecified atom stereocenters. The van der Waals surface area contributed by atoms with E-state index in [1.807, 2.05) is 6.92 Å². The number of carbonyl (C=O) groups excluding carboxylic acids is 2. The minimum absolute atomic E-state index is 0.0636. The number of hydrogen-bond donors (Lipinski definition) is 1. The molecule has 1 aromatic carbocycles. The van der Waals surface area contributed by atoms with Crippen molar-refractivity contribution in [3.63, 3.8) is 0 Å². The maximum Gasteiger partial charge on any atom is 0.243 e. The first kappa shape index (κ1) is 21.4. The first-order chi connectivity index (χ1) is 13.8. The van der Waals surface area contributed by atoms with Gasteiger partial charge in [0.1, 0.15) is 5.82 Å². The summed E-state index contributed by atoms with van der Waals surface area (Å²) >= 11 is 1.43. The van der Waals surface area contributed by atoms with Gasteiger partial charge in [0.05, 0.1) is 18.0 Å². The van der Waals surface area contributed by atoms with Crippen molar-refractivity contribution in [3.05, 3.63) is 41.5 Å². The predicted octanol–water partition coefficient (Wildman–Crippen LogP) is 3.94. The Morgan fingerprint density at radius 3 is 2.55 bits per heavy atom. The van der Waals surface area contributed by atoms with Crippen LogP contribution in [0.2, 0.25) is 0 Å². The summed E-state index contributed by atoms with van der Waals surface area (Å²) in [5.41, 5.74) is 2.66. The molecule has 8 heteroatoms. The molecule has 0 radical (unpaired) electrons. The number of nitrogens with one attached hydrogen (secondary N) is 1. The van der Waals surface area contributed by atoms with E-state index in [1.54, 1.807) is 7.05 Å². The first-order valence-electron chi connectivity index (χ1n) is 9.82. The normalized spacial score (nSPS) is 14.2. The van der Waals surface area contributed by atoms with Crippen LogP contribution in [0, 0.1) is 19.7 Å². The average Bonchev–Trinajstić information content (AvgIpc) is 3.30. The first-order valence-corrected chi connectivity index (χ1v) is 10.8. The van der Waals surface area contributed by atoms with Crippen molar-refractivity contribution < 1.29 is 14.0 Å². The van der Waals surface area contributed by atoms with E-state index in [-0.39, 0.29) is 29.9 Å². The van der Waals surface area contributed by atoms with Crippen molar-refractivity contribution in [3.8, 4) is 0 Å². The smallest absolute Gasteiger partial charge is 0.243 e. The SMILES string of the molecule is Cc1nc(SCC(=O)N(C)CC(=O)Nc2ccc(F)cc2)n(C2CCCC2)c1C. The number of aromatic nitrogens is 2. The monoisotopic (exact) mass is 418 g/mol. The van der Waals surface area contributed by atoms with E-state index in [0.717, 1.165) is 23.7 Å². The van der Waals surface area contributed by atoms with E-state index >= 15 is 0 Å². The van der Waals surface area contributed by atoms with Gasteiger partial charge in [-0.15, -0.1) is 0 Å². The van der Waals surface area contributed by atoms with Crippen molar-refractivity contribution in [1.82, 2.24) is 14.5 Å². The molecule has 0 bridgehead atoms. The van der Waals surface area contributed by atoms with E-state index < -0.39 is 0 Å². The molecule has 1 aromatic heterocycles. The highest BCUT2D eigenvalue weighted by Gasteiger charge is 2.24. The van der Waals surface area contributed by atoms with Crippen LogP contribution in [0.3, 0.4) is 0 Å². The zero-order chi connectivity index (χ0) is 21.0. The van der Waals surface area contributed by atoms with Gasteiger partial charge in [0.25, 0.3) is 0 Å². The summed E-state index contributed by atoms with van der Waals surface area (Å²) in [5.74, 6) is -0.603. The lowest BCUT2D eigenvalue weighted by Crippen LogP contribution is -2.36. The molecule has 0 saturated heterocycles. The van der Waals surface area contributed by atoms with Crippen LogP contribution in [-0.2, 0) is 9.59 Å². The van der Waals surface area contributed by atoms with Gasteiger partial charge in [0.2, 0.25) is 11.8 Å². The summed E-state index contributed by atoms with van der Waals surface area (Å²) in [6, 6.07) is 5.99. The van der Waals surface area contributed by atoms with Gasteiger partial charge in [0.15, 0.2) is 5.16 Å². The number of likely N-dealkylation sites (N-methyl/N-ethyl adjacent to an activating group) is 1. The maximum absolute atomic E-state index is 12.9. The van der Waals surface area contributed by atoms with Crippen LogP contribution in [0.1, 0.15) is 43.1 Å². The van der Waals surface area contributed by atoms with Gasteiger partial charge in [-0.3, -0.25) is 9.59 Å². The van der Waals surface area contributed by atoms with Crippen molar-refractivity contribution in [2.75, 3.05) is 24.7 Å². The number of thioether (sulfide) groups is 1. The Labute approximate surface area is 174 Å². The molecule has 1 fully saturated rings. The van der Waals surface area contributed by atoms with Gasteiger partial charge in [-0.1, -0.05) is 24.6 Å². The molecule has 1 aliphatic carbocycles. The second-order valence-electron chi connectivity index (χ2n) is 7.47. The Hall–Kier alpha value is -2.35. The van der Waals surface area contributed by atoms with E-state index in [1.165, 1.54) is 59.5 Å². The molecule has 1 aliphatic rings. The number of benzene rings is 1. The van der Waals surface area contributed by atoms with Crippen LogP contribution in [0.15, 0.2) is 29.4 Å². The predicted molar refractivity (Wildman–Crippen MR) is 113 cm³/mol. The number of halogens is 1. The molecule has 1 saturated carbocycles. The Balaban J connectivity index is 1.54. The molecule has 2 aromatic rings. The second-order valence-corrected chi connectivity index (χ2v) is 8.41. The van der Waals surface area contributed by atoms with Crippen molar-refractivity contribution in [2.24, 2.45) is 0 Å². The van der Waals surface area contributed by atoms with E-state index in [2.05, 4.69) is 21.8 Å². The summed E-state index contributed by atoms with van der Waals surface area (Å²) in [6.07, 6.45) is 4.77. The van der Waals surface area contributed by atoms with E-state index in [4.69, 9.17) is 0 Å². The summed E-state index contributed by atoms with van der Waals surface area (Å²) in [4.78, 5) is 30.7. The number of hydrogen-bond acceptors (Lipinski definition) is 4. The molecule has 0 atom stereocenters. The Kier molecular flexibility index (Phi) is 6.95. The van der Waals surface area contributed by atoms with Crippen LogP contribution >= 0.6 is 11.8 Å². The largest absolute Gasteiger partial charge is 0.336 e. The minimum Gasteiger partial charge on any atom is -0.336 e. The van der Waals surface area contributed by atoms with Crippen molar-refractivity contribution in [1.29, 1.82) is 0 Å². The Morgan fingerprint density at radius 2 is 1.90 bits per heavy atom. The fraction of sp³-hybridized carbons (Fsp3) is 0.476. The average molecular weight is 419 g/mol. The molecule has 2 amide bonds. The van der Waals surface area contributed by atoms with Crippen LogP contribution < -0.4 is 5.32 Å². The third-order valence-corrected chi connectivity index (χ3v) is 6.24. The number of nitrogens with zero attached hydrogens (tertiary/aromatic N) is 3. The number of aryl methyl sites for hydroxylation is 1. The standard InChI is InChI=1S/C21H27FN4O2S/c1-14-15(2)26(18-6-4-5-7-18)21(23-14)29-13-20(28)25(3)12-19(27)24-17-10-8-16(22)9-11-17/h8-11,18H,4-7,12-13H2,1-3H3,(H,24,27). The van der Waals surface area contributed by atoms with E-state index in [0.29, 0.717) is 11.7 Å². The van der Waals surface area contributed by atoms with Gasteiger partial charge >= 0.3 is 0 Å². The minimum atomic E-state index is -0.367. The molecular weight excluding hydrogens is 391 g/mol. The van der Waals surface area contributed by atoms with Gasteiger partial charge in [-0.2, -0.15) is 0 Å². The summed E-state index contributed by atoms with van der Waals surface area (Å²) in [5, 5.41) is 3.54. The number of anilines is 1. The number of amides is 2.